The Balaban J connectivity index is 1.90. The summed E-state index contributed by atoms with van der Waals surface area (Å²) in [5.74, 6) is 1.56. The van der Waals surface area contributed by atoms with Crippen LogP contribution in [-0.2, 0) is 0 Å². The molecule has 4 rings (SSSR count). The maximum Gasteiger partial charge on any atom is 0.235 e. The van der Waals surface area contributed by atoms with Gasteiger partial charge in [0.05, 0.1) is 5.69 Å². The summed E-state index contributed by atoms with van der Waals surface area (Å²) in [7, 11) is 0. The summed E-state index contributed by atoms with van der Waals surface area (Å²) >= 11 is 1.53. The number of hydrogen-bond donors (Lipinski definition) is 1. The van der Waals surface area contributed by atoms with Crippen molar-refractivity contribution in [3.63, 3.8) is 0 Å². The highest BCUT2D eigenvalue weighted by Gasteiger charge is 2.30. The van der Waals surface area contributed by atoms with E-state index in [1.165, 1.54) is 24.2 Å². The Bertz CT molecular complexity index is 632. The average Bonchev–Trinajstić information content (AvgIpc) is 2.76. The van der Waals surface area contributed by atoms with Crippen LogP contribution < -0.4 is 0 Å². The maximum absolute atomic E-state index is 4.52. The fourth-order valence-electron chi connectivity index (χ4n) is 1.71. The van der Waals surface area contributed by atoms with Crippen LogP contribution in [0.3, 0.4) is 0 Å². The molecule has 0 unspecified atom stereocenters. The Morgan fingerprint density at radius 2 is 2.31 bits per heavy atom. The van der Waals surface area contributed by atoms with Gasteiger partial charge in [0.25, 0.3) is 0 Å². The van der Waals surface area contributed by atoms with Gasteiger partial charge in [0.1, 0.15) is 0 Å². The van der Waals surface area contributed by atoms with Gasteiger partial charge in [0.2, 0.25) is 4.96 Å². The SMILES string of the molecule is c1cc(-c2nn3c(C4CC4)nnc3s2)[nH]n1. The zero-order chi connectivity index (χ0) is 10.5. The first-order valence-electron chi connectivity index (χ1n) is 5.14. The summed E-state index contributed by atoms with van der Waals surface area (Å²) in [6, 6.07) is 1.91. The van der Waals surface area contributed by atoms with E-state index in [1.54, 1.807) is 6.20 Å². The lowest BCUT2D eigenvalue weighted by Gasteiger charge is -1.89. The van der Waals surface area contributed by atoms with Crippen molar-refractivity contribution < 1.29 is 0 Å². The number of nitrogens with zero attached hydrogens (tertiary/aromatic N) is 5. The van der Waals surface area contributed by atoms with Gasteiger partial charge in [-0.2, -0.15) is 14.7 Å². The minimum absolute atomic E-state index is 0.562. The van der Waals surface area contributed by atoms with Crippen LogP contribution in [0.5, 0.6) is 0 Å². The normalized spacial score (nSPS) is 16.0. The van der Waals surface area contributed by atoms with Gasteiger partial charge in [-0.05, 0) is 18.9 Å². The second kappa shape index (κ2) is 2.88. The predicted octanol–water partition coefficient (Wildman–Crippen LogP) is 1.45. The molecule has 16 heavy (non-hydrogen) atoms. The summed E-state index contributed by atoms with van der Waals surface area (Å²) in [5.41, 5.74) is 0.928. The lowest BCUT2D eigenvalue weighted by molar-refractivity contribution is 0.827. The first-order chi connectivity index (χ1) is 7.92. The smallest absolute Gasteiger partial charge is 0.235 e. The predicted molar refractivity (Wildman–Crippen MR) is 58.2 cm³/mol. The number of aromatic amines is 1. The molecule has 3 aromatic rings. The van der Waals surface area contributed by atoms with Crippen molar-refractivity contribution >= 4 is 16.3 Å². The van der Waals surface area contributed by atoms with Crippen LogP contribution in [0.4, 0.5) is 0 Å². The van der Waals surface area contributed by atoms with Crippen LogP contribution in [0.1, 0.15) is 24.6 Å². The summed E-state index contributed by atoms with van der Waals surface area (Å²) < 4.78 is 1.86. The number of fused-ring (bicyclic) bond motifs is 1. The highest BCUT2D eigenvalue weighted by Crippen LogP contribution is 2.39. The topological polar surface area (TPSA) is 71.8 Å². The third kappa shape index (κ3) is 1.12. The first kappa shape index (κ1) is 8.40. The molecule has 7 heteroatoms. The zero-order valence-corrected chi connectivity index (χ0v) is 9.11. The van der Waals surface area contributed by atoms with Crippen LogP contribution in [0.2, 0.25) is 0 Å². The molecule has 1 N–H and O–H groups in total. The van der Waals surface area contributed by atoms with Crippen molar-refractivity contribution in [3.05, 3.63) is 18.1 Å². The summed E-state index contributed by atoms with van der Waals surface area (Å²) in [5, 5.41) is 20.6. The van der Waals surface area contributed by atoms with Gasteiger partial charge in [-0.25, -0.2) is 0 Å². The van der Waals surface area contributed by atoms with Crippen molar-refractivity contribution in [3.8, 4) is 10.7 Å². The van der Waals surface area contributed by atoms with Crippen molar-refractivity contribution in [2.75, 3.05) is 0 Å². The number of rotatable bonds is 2. The highest BCUT2D eigenvalue weighted by molar-refractivity contribution is 7.19. The van der Waals surface area contributed by atoms with Crippen LogP contribution in [0.15, 0.2) is 12.3 Å². The summed E-state index contributed by atoms with van der Waals surface area (Å²) in [6.07, 6.45) is 4.13. The third-order valence-electron chi connectivity index (χ3n) is 2.69. The maximum atomic E-state index is 4.52. The Hall–Kier alpha value is -1.76. The molecular weight excluding hydrogens is 224 g/mol. The molecule has 0 radical (unpaired) electrons. The second-order valence-corrected chi connectivity index (χ2v) is 4.86. The standard InChI is InChI=1S/C9H8N6S/c1-2-5(1)7-12-13-9-15(7)14-8(16-9)6-3-4-10-11-6/h3-5H,1-2H2,(H,10,11). The van der Waals surface area contributed by atoms with Crippen molar-refractivity contribution in [1.29, 1.82) is 0 Å². The fourth-order valence-corrected chi connectivity index (χ4v) is 2.53. The van der Waals surface area contributed by atoms with E-state index in [9.17, 15) is 0 Å². The molecule has 0 saturated heterocycles. The molecule has 1 aliphatic carbocycles. The van der Waals surface area contributed by atoms with Gasteiger partial charge in [-0.3, -0.25) is 5.10 Å². The lowest BCUT2D eigenvalue weighted by atomic mass is 10.4. The number of H-pyrrole nitrogens is 1. The van der Waals surface area contributed by atoms with Crippen LogP contribution in [0.25, 0.3) is 15.7 Å². The third-order valence-corrected chi connectivity index (χ3v) is 3.62. The Kier molecular flexibility index (Phi) is 1.51. The molecule has 0 bridgehead atoms. The molecular formula is C9H8N6S. The molecule has 3 heterocycles. The highest BCUT2D eigenvalue weighted by atomic mass is 32.1. The zero-order valence-electron chi connectivity index (χ0n) is 8.29. The molecule has 80 valence electrons. The Morgan fingerprint density at radius 1 is 1.38 bits per heavy atom. The molecule has 1 aliphatic rings. The van der Waals surface area contributed by atoms with E-state index in [0.29, 0.717) is 5.92 Å². The van der Waals surface area contributed by atoms with Gasteiger partial charge in [-0.15, -0.1) is 10.2 Å². The summed E-state index contributed by atoms with van der Waals surface area (Å²) in [6.45, 7) is 0. The minimum atomic E-state index is 0.562. The van der Waals surface area contributed by atoms with E-state index in [-0.39, 0.29) is 0 Å². The van der Waals surface area contributed by atoms with Gasteiger partial charge >= 0.3 is 0 Å². The molecule has 0 atom stereocenters. The first-order valence-corrected chi connectivity index (χ1v) is 5.95. The Labute approximate surface area is 94.3 Å². The lowest BCUT2D eigenvalue weighted by Crippen LogP contribution is -1.93. The number of aromatic nitrogens is 6. The number of hydrogen-bond acceptors (Lipinski definition) is 5. The molecule has 3 aromatic heterocycles. The fraction of sp³-hybridized carbons (Fsp3) is 0.333. The van der Waals surface area contributed by atoms with E-state index < -0.39 is 0 Å². The molecule has 1 fully saturated rings. The van der Waals surface area contributed by atoms with Crippen molar-refractivity contribution in [2.24, 2.45) is 0 Å². The largest absolute Gasteiger partial charge is 0.275 e. The van der Waals surface area contributed by atoms with E-state index in [4.69, 9.17) is 0 Å². The van der Waals surface area contributed by atoms with Gasteiger partial charge in [0.15, 0.2) is 10.8 Å². The van der Waals surface area contributed by atoms with E-state index in [0.717, 1.165) is 21.5 Å². The van der Waals surface area contributed by atoms with Crippen molar-refractivity contribution in [1.82, 2.24) is 30.0 Å². The van der Waals surface area contributed by atoms with E-state index >= 15 is 0 Å². The molecule has 1 saturated carbocycles. The quantitative estimate of drug-likeness (QED) is 0.726. The van der Waals surface area contributed by atoms with Gasteiger partial charge < -0.3 is 0 Å². The van der Waals surface area contributed by atoms with Crippen LogP contribution in [-0.4, -0.2) is 30.0 Å². The van der Waals surface area contributed by atoms with Gasteiger partial charge in [-0.1, -0.05) is 11.3 Å². The molecule has 0 aromatic carbocycles. The summed E-state index contributed by atoms with van der Waals surface area (Å²) in [4.78, 5) is 0.853. The number of nitrogens with one attached hydrogen (secondary N) is 1. The van der Waals surface area contributed by atoms with Crippen molar-refractivity contribution in [2.45, 2.75) is 18.8 Å². The molecule has 6 nitrogen and oxygen atoms in total. The average molecular weight is 232 g/mol. The molecule has 0 spiro atoms. The molecule has 0 aliphatic heterocycles. The second-order valence-electron chi connectivity index (χ2n) is 3.90. The van der Waals surface area contributed by atoms with Gasteiger partial charge in [0, 0.05) is 12.1 Å². The monoisotopic (exact) mass is 232 g/mol. The minimum Gasteiger partial charge on any atom is -0.275 e. The van der Waals surface area contributed by atoms with Crippen LogP contribution >= 0.6 is 11.3 Å². The van der Waals surface area contributed by atoms with Crippen LogP contribution in [0, 0.1) is 0 Å². The van der Waals surface area contributed by atoms with E-state index in [2.05, 4.69) is 25.5 Å². The Morgan fingerprint density at radius 3 is 3.06 bits per heavy atom. The van der Waals surface area contributed by atoms with E-state index in [1.807, 2.05) is 10.6 Å². The molecule has 0 amide bonds.